The highest BCUT2D eigenvalue weighted by Crippen LogP contribution is 2.26. The molecule has 0 saturated carbocycles. The molecule has 1 aromatic rings. The van der Waals surface area contributed by atoms with Gasteiger partial charge in [-0.1, -0.05) is 12.2 Å². The Hall–Kier alpha value is -1.29. The summed E-state index contributed by atoms with van der Waals surface area (Å²) in [4.78, 5) is 2.53. The van der Waals surface area contributed by atoms with E-state index < -0.39 is 0 Å². The second-order valence-corrected chi connectivity index (χ2v) is 4.39. The highest BCUT2D eigenvalue weighted by Gasteiger charge is 2.13. The molecule has 0 heterocycles. The molecule has 0 bridgehead atoms. The molecule has 16 heavy (non-hydrogen) atoms. The highest BCUT2D eigenvalue weighted by atomic mass is 32.1. The number of nitrogens with two attached hydrogens (primary N) is 1. The van der Waals surface area contributed by atoms with E-state index in [9.17, 15) is 0 Å². The van der Waals surface area contributed by atoms with Gasteiger partial charge in [0.25, 0.3) is 0 Å². The van der Waals surface area contributed by atoms with Crippen LogP contribution in [0.4, 0.5) is 5.69 Å². The van der Waals surface area contributed by atoms with E-state index in [4.69, 9.17) is 22.7 Å². The quantitative estimate of drug-likeness (QED) is 0.816. The van der Waals surface area contributed by atoms with Crippen molar-refractivity contribution in [2.75, 3.05) is 19.1 Å². The van der Waals surface area contributed by atoms with E-state index in [1.165, 1.54) is 0 Å². The lowest BCUT2D eigenvalue weighted by Gasteiger charge is -2.26. The van der Waals surface area contributed by atoms with Crippen molar-refractivity contribution in [3.8, 4) is 5.75 Å². The first-order valence-electron chi connectivity index (χ1n) is 5.18. The van der Waals surface area contributed by atoms with Crippen LogP contribution in [0.15, 0.2) is 18.2 Å². The number of ether oxygens (including phenoxy) is 1. The van der Waals surface area contributed by atoms with Crippen LogP contribution in [0.25, 0.3) is 0 Å². The molecule has 88 valence electrons. The molecule has 0 aliphatic rings. The van der Waals surface area contributed by atoms with Crippen LogP contribution in [0.2, 0.25) is 0 Å². The Bertz CT molecular complexity index is 391. The first-order chi connectivity index (χ1) is 7.47. The SMILES string of the molecule is COc1ccc(C(N)=S)c(N(C)C(C)C)c1. The van der Waals surface area contributed by atoms with Crippen LogP contribution in [0, 0.1) is 0 Å². The first-order valence-corrected chi connectivity index (χ1v) is 5.59. The van der Waals surface area contributed by atoms with Gasteiger partial charge in [-0.2, -0.15) is 0 Å². The molecule has 0 fully saturated rings. The van der Waals surface area contributed by atoms with Gasteiger partial charge in [-0.05, 0) is 26.0 Å². The van der Waals surface area contributed by atoms with Gasteiger partial charge in [-0.3, -0.25) is 0 Å². The zero-order valence-electron chi connectivity index (χ0n) is 10.2. The van der Waals surface area contributed by atoms with Gasteiger partial charge in [0, 0.05) is 24.7 Å². The number of thiocarbonyl (C=S) groups is 1. The van der Waals surface area contributed by atoms with Crippen LogP contribution in [-0.4, -0.2) is 25.2 Å². The Labute approximate surface area is 102 Å². The predicted molar refractivity (Wildman–Crippen MR) is 72.4 cm³/mol. The molecule has 1 rings (SSSR count). The number of anilines is 1. The molecule has 0 radical (unpaired) electrons. The summed E-state index contributed by atoms with van der Waals surface area (Å²) in [5, 5.41) is 0. The summed E-state index contributed by atoms with van der Waals surface area (Å²) in [7, 11) is 3.66. The summed E-state index contributed by atoms with van der Waals surface area (Å²) < 4.78 is 5.21. The van der Waals surface area contributed by atoms with Gasteiger partial charge in [-0.15, -0.1) is 0 Å². The summed E-state index contributed by atoms with van der Waals surface area (Å²) in [6, 6.07) is 6.09. The molecular weight excluding hydrogens is 220 g/mol. The zero-order chi connectivity index (χ0) is 12.3. The maximum atomic E-state index is 5.71. The summed E-state index contributed by atoms with van der Waals surface area (Å²) in [5.41, 5.74) is 7.59. The number of rotatable bonds is 4. The average molecular weight is 238 g/mol. The van der Waals surface area contributed by atoms with E-state index in [1.807, 2.05) is 25.2 Å². The molecule has 3 nitrogen and oxygen atoms in total. The maximum absolute atomic E-state index is 5.71. The standard InChI is InChI=1S/C12H18N2OS/c1-8(2)14(3)11-7-9(15-4)5-6-10(11)12(13)16/h5-8H,1-4H3,(H2,13,16). The van der Waals surface area contributed by atoms with E-state index in [0.717, 1.165) is 17.0 Å². The molecule has 0 unspecified atom stereocenters. The van der Waals surface area contributed by atoms with Gasteiger partial charge in [0.15, 0.2) is 0 Å². The van der Waals surface area contributed by atoms with Crippen LogP contribution in [-0.2, 0) is 0 Å². The molecule has 0 aromatic heterocycles. The molecule has 0 aliphatic heterocycles. The smallest absolute Gasteiger partial charge is 0.120 e. The lowest BCUT2D eigenvalue weighted by atomic mass is 10.1. The Kier molecular flexibility index (Phi) is 4.12. The minimum absolute atomic E-state index is 0.375. The number of benzene rings is 1. The van der Waals surface area contributed by atoms with Gasteiger partial charge in [0.05, 0.1) is 12.8 Å². The lowest BCUT2D eigenvalue weighted by molar-refractivity contribution is 0.414. The summed E-state index contributed by atoms with van der Waals surface area (Å²) in [6.07, 6.45) is 0. The number of methoxy groups -OCH3 is 1. The van der Waals surface area contributed by atoms with E-state index in [2.05, 4.69) is 18.7 Å². The number of hydrogen-bond acceptors (Lipinski definition) is 3. The van der Waals surface area contributed by atoms with E-state index in [1.54, 1.807) is 7.11 Å². The van der Waals surface area contributed by atoms with Gasteiger partial charge >= 0.3 is 0 Å². The molecule has 2 N–H and O–H groups in total. The second-order valence-electron chi connectivity index (χ2n) is 3.95. The van der Waals surface area contributed by atoms with Crippen LogP contribution < -0.4 is 15.4 Å². The monoisotopic (exact) mass is 238 g/mol. The largest absolute Gasteiger partial charge is 0.497 e. The molecule has 0 atom stereocenters. The van der Waals surface area contributed by atoms with Crippen molar-refractivity contribution in [2.45, 2.75) is 19.9 Å². The molecule has 1 aromatic carbocycles. The number of nitrogens with zero attached hydrogens (tertiary/aromatic N) is 1. The van der Waals surface area contributed by atoms with Crippen LogP contribution in [0.1, 0.15) is 19.4 Å². The van der Waals surface area contributed by atoms with Crippen molar-refractivity contribution in [2.24, 2.45) is 5.73 Å². The van der Waals surface area contributed by atoms with E-state index in [-0.39, 0.29) is 0 Å². The van der Waals surface area contributed by atoms with Crippen molar-refractivity contribution >= 4 is 22.9 Å². The average Bonchev–Trinajstić information content (AvgIpc) is 2.26. The molecule has 0 spiro atoms. The Balaban J connectivity index is 3.25. The zero-order valence-corrected chi connectivity index (χ0v) is 11.0. The van der Waals surface area contributed by atoms with Gasteiger partial charge in [0.1, 0.15) is 10.7 Å². The molecule has 0 aliphatic carbocycles. The Morgan fingerprint density at radius 2 is 2.06 bits per heavy atom. The van der Waals surface area contributed by atoms with Crippen molar-refractivity contribution < 1.29 is 4.74 Å². The van der Waals surface area contributed by atoms with Gasteiger partial charge in [-0.25, -0.2) is 0 Å². The predicted octanol–water partition coefficient (Wildman–Crippen LogP) is 2.17. The maximum Gasteiger partial charge on any atom is 0.120 e. The van der Waals surface area contributed by atoms with Crippen molar-refractivity contribution in [3.05, 3.63) is 23.8 Å². The third kappa shape index (κ3) is 2.64. The molecule has 0 amide bonds. The molecular formula is C12H18N2OS. The van der Waals surface area contributed by atoms with Crippen LogP contribution in [0.3, 0.4) is 0 Å². The minimum Gasteiger partial charge on any atom is -0.497 e. The fraction of sp³-hybridized carbons (Fsp3) is 0.417. The summed E-state index contributed by atoms with van der Waals surface area (Å²) in [6.45, 7) is 4.23. The van der Waals surface area contributed by atoms with Crippen molar-refractivity contribution in [3.63, 3.8) is 0 Å². The Morgan fingerprint density at radius 3 is 2.50 bits per heavy atom. The highest BCUT2D eigenvalue weighted by molar-refractivity contribution is 7.80. The van der Waals surface area contributed by atoms with Crippen molar-refractivity contribution in [1.29, 1.82) is 0 Å². The van der Waals surface area contributed by atoms with Gasteiger partial charge < -0.3 is 15.4 Å². The van der Waals surface area contributed by atoms with Crippen LogP contribution >= 0.6 is 12.2 Å². The normalized spacial score (nSPS) is 10.3. The Morgan fingerprint density at radius 1 is 1.44 bits per heavy atom. The van der Waals surface area contributed by atoms with E-state index in [0.29, 0.717) is 11.0 Å². The van der Waals surface area contributed by atoms with E-state index >= 15 is 0 Å². The van der Waals surface area contributed by atoms with Crippen molar-refractivity contribution in [1.82, 2.24) is 0 Å². The lowest BCUT2D eigenvalue weighted by Crippen LogP contribution is -2.28. The fourth-order valence-electron chi connectivity index (χ4n) is 1.42. The minimum atomic E-state index is 0.375. The first kappa shape index (κ1) is 12.8. The molecule has 4 heteroatoms. The third-order valence-electron chi connectivity index (χ3n) is 2.62. The summed E-state index contributed by atoms with van der Waals surface area (Å²) >= 11 is 5.05. The second kappa shape index (κ2) is 5.16. The summed E-state index contributed by atoms with van der Waals surface area (Å²) in [5.74, 6) is 0.808. The fourth-order valence-corrected chi connectivity index (χ4v) is 1.59. The van der Waals surface area contributed by atoms with Crippen LogP contribution in [0.5, 0.6) is 5.75 Å². The van der Waals surface area contributed by atoms with Gasteiger partial charge in [0.2, 0.25) is 0 Å². The molecule has 0 saturated heterocycles. The topological polar surface area (TPSA) is 38.5 Å². The number of hydrogen-bond donors (Lipinski definition) is 1. The third-order valence-corrected chi connectivity index (χ3v) is 2.84.